The van der Waals surface area contributed by atoms with Gasteiger partial charge in [-0.25, -0.2) is 17.6 Å². The smallest absolute Gasteiger partial charge is 0.323 e. The number of amides is 3. The maximum absolute atomic E-state index is 13.5. The molecule has 43 heavy (non-hydrogen) atoms. The Labute approximate surface area is 251 Å². The van der Waals surface area contributed by atoms with Gasteiger partial charge < -0.3 is 25.4 Å². The number of aryl methyl sites for hydroxylation is 1. The van der Waals surface area contributed by atoms with Crippen molar-refractivity contribution in [3.05, 3.63) is 83.7 Å². The lowest BCUT2D eigenvalue weighted by molar-refractivity contribution is -0.134. The molecule has 4 rings (SSSR count). The number of benzene rings is 3. The van der Waals surface area contributed by atoms with Gasteiger partial charge in [-0.05, 0) is 68.4 Å². The largest absolute Gasteiger partial charge is 0.488 e. The number of nitrogens with one attached hydrogen (secondary N) is 2. The monoisotopic (exact) mass is 612 g/mol. The van der Waals surface area contributed by atoms with Crippen molar-refractivity contribution in [3.63, 3.8) is 0 Å². The van der Waals surface area contributed by atoms with Crippen molar-refractivity contribution in [2.75, 3.05) is 37.4 Å². The van der Waals surface area contributed by atoms with Crippen molar-refractivity contribution in [1.29, 1.82) is 0 Å². The molecule has 0 aromatic heterocycles. The number of halogens is 1. The van der Waals surface area contributed by atoms with Gasteiger partial charge in [-0.15, -0.1) is 0 Å². The molecule has 3 atom stereocenters. The first-order valence-electron chi connectivity index (χ1n) is 13.9. The molecule has 12 heteroatoms. The van der Waals surface area contributed by atoms with Crippen LogP contribution >= 0.6 is 0 Å². The maximum Gasteiger partial charge on any atom is 0.323 e. The Kier molecular flexibility index (Phi) is 10.0. The zero-order valence-corrected chi connectivity index (χ0v) is 25.4. The number of ether oxygens (including phenoxy) is 1. The number of hydrogen-bond acceptors (Lipinski definition) is 6. The van der Waals surface area contributed by atoms with E-state index in [9.17, 15) is 27.5 Å². The molecule has 0 unspecified atom stereocenters. The molecule has 0 saturated carbocycles. The Morgan fingerprint density at radius 2 is 1.72 bits per heavy atom. The summed E-state index contributed by atoms with van der Waals surface area (Å²) in [4.78, 5) is 27.8. The van der Waals surface area contributed by atoms with Gasteiger partial charge >= 0.3 is 6.03 Å². The number of aliphatic hydroxyl groups is 1. The third-order valence-corrected chi connectivity index (χ3v) is 9.28. The van der Waals surface area contributed by atoms with Gasteiger partial charge in [0.05, 0.1) is 30.5 Å². The van der Waals surface area contributed by atoms with Crippen LogP contribution in [0.2, 0.25) is 0 Å². The average molecular weight is 613 g/mol. The van der Waals surface area contributed by atoms with Crippen LogP contribution in [0.15, 0.2) is 71.6 Å². The van der Waals surface area contributed by atoms with Gasteiger partial charge in [0.25, 0.3) is 0 Å². The van der Waals surface area contributed by atoms with E-state index in [0.29, 0.717) is 22.7 Å². The van der Waals surface area contributed by atoms with Gasteiger partial charge in [0.2, 0.25) is 15.9 Å². The number of fused-ring (bicyclic) bond motifs is 1. The molecule has 1 aliphatic heterocycles. The number of rotatable bonds is 8. The predicted octanol–water partition coefficient (Wildman–Crippen LogP) is 4.25. The second-order valence-electron chi connectivity index (χ2n) is 10.9. The van der Waals surface area contributed by atoms with Gasteiger partial charge in [0.1, 0.15) is 17.7 Å². The molecule has 1 aliphatic rings. The van der Waals surface area contributed by atoms with Crippen LogP contribution < -0.4 is 15.4 Å². The van der Waals surface area contributed by atoms with E-state index in [1.807, 2.05) is 13.8 Å². The van der Waals surface area contributed by atoms with Crippen LogP contribution in [-0.2, 0) is 21.2 Å². The van der Waals surface area contributed by atoms with E-state index in [1.54, 1.807) is 54.3 Å². The van der Waals surface area contributed by atoms with Crippen molar-refractivity contribution >= 4 is 33.3 Å². The van der Waals surface area contributed by atoms with Crippen LogP contribution in [0, 0.1) is 18.7 Å². The van der Waals surface area contributed by atoms with Gasteiger partial charge in [0, 0.05) is 36.4 Å². The summed E-state index contributed by atoms with van der Waals surface area (Å²) in [6.45, 7) is 5.50. The van der Waals surface area contributed by atoms with Crippen molar-refractivity contribution in [3.8, 4) is 5.75 Å². The summed E-state index contributed by atoms with van der Waals surface area (Å²) in [5, 5.41) is 15.2. The fraction of sp³-hybridized carbons (Fsp3) is 0.355. The Hall–Kier alpha value is -4.00. The summed E-state index contributed by atoms with van der Waals surface area (Å²) in [5.74, 6) is -0.593. The highest BCUT2D eigenvalue weighted by Crippen LogP contribution is 2.30. The van der Waals surface area contributed by atoms with Gasteiger partial charge in [-0.1, -0.05) is 24.6 Å². The SMILES string of the molecule is Cc1ccc(S(=O)(=O)N(C)C[C@@H]2Oc3ccc(NC(=O)Nc4ccc(F)cc4)cc3CC(=O)N([C@H](C)CO)C[C@@H]2C)cc1. The maximum atomic E-state index is 13.5. The van der Waals surface area contributed by atoms with Crippen LogP contribution in [0.4, 0.5) is 20.6 Å². The van der Waals surface area contributed by atoms with Crippen molar-refractivity contribution in [2.24, 2.45) is 5.92 Å². The molecule has 0 saturated heterocycles. The van der Waals surface area contributed by atoms with E-state index in [2.05, 4.69) is 10.6 Å². The van der Waals surface area contributed by atoms with Crippen LogP contribution in [0.25, 0.3) is 0 Å². The number of hydrogen-bond donors (Lipinski definition) is 3. The standard InChI is InChI=1S/C31H37FN4O6S/c1-20-5-12-27(13-6-20)43(40,41)35(4)18-29-21(2)17-36(22(3)19-37)30(38)16-23-15-26(11-14-28(23)42-29)34-31(39)33-25-9-7-24(32)8-10-25/h5-15,21-22,29,37H,16-19H2,1-4H3,(H2,33,34,39)/t21-,22+,29-/m0/s1. The number of anilines is 2. The van der Waals surface area contributed by atoms with Gasteiger partial charge in [-0.2, -0.15) is 4.31 Å². The zero-order valence-electron chi connectivity index (χ0n) is 24.6. The highest BCUT2D eigenvalue weighted by atomic mass is 32.2. The van der Waals surface area contributed by atoms with E-state index < -0.39 is 34.0 Å². The Morgan fingerprint density at radius 3 is 2.37 bits per heavy atom. The number of sulfonamides is 1. The second kappa shape index (κ2) is 13.5. The zero-order chi connectivity index (χ0) is 31.3. The first-order chi connectivity index (χ1) is 20.4. The molecule has 3 amide bonds. The molecular weight excluding hydrogens is 575 g/mol. The molecule has 0 radical (unpaired) electrons. The van der Waals surface area contributed by atoms with E-state index in [4.69, 9.17) is 4.74 Å². The minimum absolute atomic E-state index is 0.00638. The fourth-order valence-electron chi connectivity index (χ4n) is 4.79. The molecule has 1 heterocycles. The van der Waals surface area contributed by atoms with E-state index in [0.717, 1.165) is 5.56 Å². The third kappa shape index (κ3) is 7.89. The summed E-state index contributed by atoms with van der Waals surface area (Å²) >= 11 is 0. The summed E-state index contributed by atoms with van der Waals surface area (Å²) in [5.41, 5.74) is 2.22. The average Bonchev–Trinajstić information content (AvgIpc) is 3.01. The predicted molar refractivity (Wildman–Crippen MR) is 162 cm³/mol. The van der Waals surface area contributed by atoms with E-state index >= 15 is 0 Å². The molecule has 3 aromatic rings. The second-order valence-corrected chi connectivity index (χ2v) is 12.9. The first kappa shape index (κ1) is 31.9. The van der Waals surface area contributed by atoms with Crippen LogP contribution in [0.1, 0.15) is 25.0 Å². The van der Waals surface area contributed by atoms with E-state index in [1.165, 1.54) is 35.6 Å². The lowest BCUT2D eigenvalue weighted by Crippen LogP contribution is -2.48. The molecule has 0 spiro atoms. The number of likely N-dealkylation sites (N-methyl/N-ethyl adjacent to an activating group) is 1. The molecule has 0 bridgehead atoms. The fourth-order valence-corrected chi connectivity index (χ4v) is 5.98. The molecule has 10 nitrogen and oxygen atoms in total. The Balaban J connectivity index is 1.61. The lowest BCUT2D eigenvalue weighted by atomic mass is 10.0. The van der Waals surface area contributed by atoms with Gasteiger partial charge in [-0.3, -0.25) is 4.79 Å². The highest BCUT2D eigenvalue weighted by molar-refractivity contribution is 7.89. The van der Waals surface area contributed by atoms with Gasteiger partial charge in [0.15, 0.2) is 0 Å². The van der Waals surface area contributed by atoms with Crippen molar-refractivity contribution in [1.82, 2.24) is 9.21 Å². The molecule has 0 aliphatic carbocycles. The van der Waals surface area contributed by atoms with Crippen molar-refractivity contribution < 1.29 is 32.2 Å². The molecule has 3 aromatic carbocycles. The van der Waals surface area contributed by atoms with Crippen LogP contribution in [-0.4, -0.2) is 73.6 Å². The topological polar surface area (TPSA) is 128 Å². The number of carbonyl (C=O) groups is 2. The third-order valence-electron chi connectivity index (χ3n) is 7.44. The molecule has 3 N–H and O–H groups in total. The molecular formula is C31H37FN4O6S. The van der Waals surface area contributed by atoms with Crippen molar-refractivity contribution in [2.45, 2.75) is 44.2 Å². The minimum Gasteiger partial charge on any atom is -0.488 e. The summed E-state index contributed by atoms with van der Waals surface area (Å²) < 4.78 is 47.6. The minimum atomic E-state index is -3.82. The quantitative estimate of drug-likeness (QED) is 0.349. The first-order valence-corrected chi connectivity index (χ1v) is 15.4. The van der Waals surface area contributed by atoms with Crippen LogP contribution in [0.3, 0.4) is 0 Å². The Bertz CT molecular complexity index is 1550. The van der Waals surface area contributed by atoms with E-state index in [-0.39, 0.29) is 42.8 Å². The summed E-state index contributed by atoms with van der Waals surface area (Å²) in [7, 11) is -2.33. The number of carbonyl (C=O) groups excluding carboxylic acids is 2. The number of urea groups is 1. The number of aliphatic hydroxyl groups excluding tert-OH is 1. The summed E-state index contributed by atoms with van der Waals surface area (Å²) in [6, 6.07) is 15.8. The summed E-state index contributed by atoms with van der Waals surface area (Å²) in [6.07, 6.45) is -0.713. The lowest BCUT2D eigenvalue weighted by Gasteiger charge is -2.33. The molecule has 230 valence electrons. The number of nitrogens with zero attached hydrogens (tertiary/aromatic N) is 2. The Morgan fingerprint density at radius 1 is 1.09 bits per heavy atom. The molecule has 0 fully saturated rings. The van der Waals surface area contributed by atoms with Crippen LogP contribution in [0.5, 0.6) is 5.75 Å². The normalized spacial score (nSPS) is 18.1. The highest BCUT2D eigenvalue weighted by Gasteiger charge is 2.33.